The molecule has 5 heteroatoms. The molecular formula is C16H30N2O2S. The number of hydrogen-bond acceptors (Lipinski definition) is 3. The van der Waals surface area contributed by atoms with E-state index in [1.165, 1.54) is 19.3 Å². The molecule has 3 N–H and O–H groups in total. The van der Waals surface area contributed by atoms with Crippen molar-refractivity contribution in [1.29, 1.82) is 0 Å². The van der Waals surface area contributed by atoms with E-state index in [0.717, 1.165) is 18.6 Å². The maximum absolute atomic E-state index is 12.1. The third kappa shape index (κ3) is 4.07. The number of hydrogen-bond donors (Lipinski definition) is 3. The van der Waals surface area contributed by atoms with Crippen LogP contribution in [0.3, 0.4) is 0 Å². The van der Waals surface area contributed by atoms with Gasteiger partial charge in [0.05, 0.1) is 5.60 Å². The Bertz CT molecular complexity index is 356. The third-order valence-corrected chi connectivity index (χ3v) is 6.61. The van der Waals surface area contributed by atoms with E-state index in [9.17, 15) is 9.90 Å². The highest BCUT2D eigenvalue weighted by atomic mass is 32.2. The second kappa shape index (κ2) is 7.23. The molecule has 2 fully saturated rings. The zero-order valence-electron chi connectivity index (χ0n) is 13.5. The first kappa shape index (κ1) is 16.9. The quantitative estimate of drug-likeness (QED) is 0.731. The minimum absolute atomic E-state index is 0.124. The number of rotatable bonds is 5. The lowest BCUT2D eigenvalue weighted by Gasteiger charge is -2.45. The average Bonchev–Trinajstić information content (AvgIpc) is 2.45. The van der Waals surface area contributed by atoms with Crippen molar-refractivity contribution in [3.05, 3.63) is 0 Å². The van der Waals surface area contributed by atoms with Crippen LogP contribution in [0.4, 0.5) is 4.79 Å². The molecule has 122 valence electrons. The standard InChI is InChI=1S/C16H30N2O2S/c1-4-21-13-8-9-16(13,20)10-17-15(19)18-14-11(2)6-5-7-12(14)3/h11-14,20H,4-10H2,1-3H3,(H2,17,18,19)/t11-,12-,13-,16+/m1/s1. The Labute approximate surface area is 132 Å². The molecule has 0 bridgehead atoms. The van der Waals surface area contributed by atoms with Gasteiger partial charge in [0.15, 0.2) is 0 Å². The molecule has 2 aliphatic carbocycles. The maximum atomic E-state index is 12.1. The summed E-state index contributed by atoms with van der Waals surface area (Å²) in [6.07, 6.45) is 5.48. The molecule has 0 aromatic carbocycles. The Kier molecular flexibility index (Phi) is 5.83. The number of nitrogens with one attached hydrogen (secondary N) is 2. The van der Waals surface area contributed by atoms with E-state index in [1.807, 2.05) is 0 Å². The Morgan fingerprint density at radius 1 is 1.29 bits per heavy atom. The smallest absolute Gasteiger partial charge is 0.315 e. The van der Waals surface area contributed by atoms with E-state index in [0.29, 0.717) is 18.4 Å². The van der Waals surface area contributed by atoms with E-state index in [-0.39, 0.29) is 17.3 Å². The molecule has 0 aromatic heterocycles. The molecule has 0 radical (unpaired) electrons. The summed E-state index contributed by atoms with van der Waals surface area (Å²) < 4.78 is 0. The van der Waals surface area contributed by atoms with Gasteiger partial charge in [-0.2, -0.15) is 11.8 Å². The summed E-state index contributed by atoms with van der Waals surface area (Å²) in [6.45, 7) is 6.91. The molecule has 2 rings (SSSR count). The zero-order chi connectivity index (χ0) is 15.5. The Balaban J connectivity index is 1.77. The number of thioether (sulfide) groups is 1. The Morgan fingerprint density at radius 2 is 1.95 bits per heavy atom. The summed E-state index contributed by atoms with van der Waals surface area (Å²) in [6, 6.07) is 0.136. The summed E-state index contributed by atoms with van der Waals surface area (Å²) in [5.41, 5.74) is -0.707. The second-order valence-corrected chi connectivity index (χ2v) is 8.30. The molecule has 0 aromatic rings. The van der Waals surface area contributed by atoms with Crippen molar-refractivity contribution in [3.63, 3.8) is 0 Å². The highest BCUT2D eigenvalue weighted by Gasteiger charge is 2.45. The number of aliphatic hydroxyl groups is 1. The van der Waals surface area contributed by atoms with Crippen LogP contribution in [0.2, 0.25) is 0 Å². The summed E-state index contributed by atoms with van der Waals surface area (Å²) in [7, 11) is 0. The van der Waals surface area contributed by atoms with Crippen LogP contribution in [0.15, 0.2) is 0 Å². The van der Waals surface area contributed by atoms with E-state index in [2.05, 4.69) is 31.4 Å². The van der Waals surface area contributed by atoms with Crippen molar-refractivity contribution in [3.8, 4) is 0 Å². The molecule has 4 nitrogen and oxygen atoms in total. The molecule has 2 amide bonds. The van der Waals surface area contributed by atoms with Crippen LogP contribution < -0.4 is 10.6 Å². The molecule has 0 spiro atoms. The lowest BCUT2D eigenvalue weighted by atomic mass is 9.78. The zero-order valence-corrected chi connectivity index (χ0v) is 14.3. The van der Waals surface area contributed by atoms with Gasteiger partial charge in [0.1, 0.15) is 0 Å². The van der Waals surface area contributed by atoms with Gasteiger partial charge >= 0.3 is 6.03 Å². The van der Waals surface area contributed by atoms with E-state index in [1.54, 1.807) is 11.8 Å². The first-order chi connectivity index (χ1) is 9.96. The highest BCUT2D eigenvalue weighted by molar-refractivity contribution is 8.00. The minimum Gasteiger partial charge on any atom is -0.387 e. The Morgan fingerprint density at radius 3 is 2.48 bits per heavy atom. The fourth-order valence-electron chi connectivity index (χ4n) is 3.64. The SMILES string of the molecule is CCS[C@@H]1CC[C@]1(O)CNC(=O)NC1[C@H](C)CCC[C@H]1C. The Hall–Kier alpha value is -0.420. The van der Waals surface area contributed by atoms with Crippen molar-refractivity contribution in [2.24, 2.45) is 11.8 Å². The normalized spacial score (nSPS) is 36.9. The highest BCUT2D eigenvalue weighted by Crippen LogP contribution is 2.40. The van der Waals surface area contributed by atoms with Crippen LogP contribution in [0, 0.1) is 11.8 Å². The van der Waals surface area contributed by atoms with Gasteiger partial charge in [-0.1, -0.05) is 27.2 Å². The summed E-state index contributed by atoms with van der Waals surface area (Å²) in [5, 5.41) is 16.8. The molecule has 0 saturated heterocycles. The molecule has 2 aliphatic rings. The van der Waals surface area contributed by atoms with Crippen molar-refractivity contribution >= 4 is 17.8 Å². The van der Waals surface area contributed by atoms with Gasteiger partial charge in [-0.3, -0.25) is 0 Å². The van der Waals surface area contributed by atoms with Crippen molar-refractivity contribution in [1.82, 2.24) is 10.6 Å². The van der Waals surface area contributed by atoms with Gasteiger partial charge in [-0.15, -0.1) is 0 Å². The van der Waals surface area contributed by atoms with Gasteiger partial charge in [0, 0.05) is 17.8 Å². The van der Waals surface area contributed by atoms with Gasteiger partial charge in [0.25, 0.3) is 0 Å². The summed E-state index contributed by atoms with van der Waals surface area (Å²) in [5.74, 6) is 2.08. The first-order valence-electron chi connectivity index (χ1n) is 8.34. The molecule has 0 unspecified atom stereocenters. The predicted octanol–water partition coefficient (Wildman–Crippen LogP) is 2.76. The number of amides is 2. The van der Waals surface area contributed by atoms with E-state index >= 15 is 0 Å². The van der Waals surface area contributed by atoms with Crippen LogP contribution in [0.1, 0.15) is 52.9 Å². The molecule has 2 saturated carbocycles. The molecule has 0 heterocycles. The molecular weight excluding hydrogens is 284 g/mol. The summed E-state index contributed by atoms with van der Waals surface area (Å²) >= 11 is 1.79. The van der Waals surface area contributed by atoms with Crippen LogP contribution in [-0.4, -0.2) is 40.3 Å². The first-order valence-corrected chi connectivity index (χ1v) is 9.39. The van der Waals surface area contributed by atoms with E-state index in [4.69, 9.17) is 0 Å². The molecule has 4 atom stereocenters. The van der Waals surface area contributed by atoms with Crippen LogP contribution in [0.5, 0.6) is 0 Å². The van der Waals surface area contributed by atoms with Crippen LogP contribution in [-0.2, 0) is 0 Å². The largest absolute Gasteiger partial charge is 0.387 e. The van der Waals surface area contributed by atoms with Crippen molar-refractivity contribution in [2.75, 3.05) is 12.3 Å². The lowest BCUT2D eigenvalue weighted by molar-refractivity contribution is -0.0211. The fourth-order valence-corrected chi connectivity index (χ4v) is 4.84. The summed E-state index contributed by atoms with van der Waals surface area (Å²) in [4.78, 5) is 12.1. The predicted molar refractivity (Wildman–Crippen MR) is 88.6 cm³/mol. The van der Waals surface area contributed by atoms with Crippen LogP contribution >= 0.6 is 11.8 Å². The van der Waals surface area contributed by atoms with Crippen LogP contribution in [0.25, 0.3) is 0 Å². The van der Waals surface area contributed by atoms with Crippen molar-refractivity contribution < 1.29 is 9.90 Å². The van der Waals surface area contributed by atoms with Gasteiger partial charge in [-0.05, 0) is 43.3 Å². The molecule has 0 aliphatic heterocycles. The fraction of sp³-hybridized carbons (Fsp3) is 0.938. The maximum Gasteiger partial charge on any atom is 0.315 e. The van der Waals surface area contributed by atoms with Crippen molar-refractivity contribution in [2.45, 2.75) is 69.8 Å². The van der Waals surface area contributed by atoms with Gasteiger partial charge in [-0.25, -0.2) is 4.79 Å². The number of urea groups is 1. The monoisotopic (exact) mass is 314 g/mol. The third-order valence-electron chi connectivity index (χ3n) is 5.20. The lowest BCUT2D eigenvalue weighted by Crippen LogP contribution is -2.59. The average molecular weight is 314 g/mol. The number of carbonyl (C=O) groups excluding carboxylic acids is 1. The number of carbonyl (C=O) groups is 1. The van der Waals surface area contributed by atoms with E-state index < -0.39 is 5.60 Å². The van der Waals surface area contributed by atoms with Gasteiger partial charge in [0.2, 0.25) is 0 Å². The van der Waals surface area contributed by atoms with Gasteiger partial charge < -0.3 is 15.7 Å². The molecule has 21 heavy (non-hydrogen) atoms. The minimum atomic E-state index is -0.707. The topological polar surface area (TPSA) is 61.4 Å². The second-order valence-electron chi connectivity index (χ2n) is 6.82.